The van der Waals surface area contributed by atoms with Gasteiger partial charge in [0, 0.05) is 5.56 Å². The first kappa shape index (κ1) is 18.4. The number of pyridine rings is 1. The predicted octanol–water partition coefficient (Wildman–Crippen LogP) is 4.34. The molecule has 2 heterocycles. The molecule has 134 valence electrons. The third kappa shape index (κ3) is 3.60. The zero-order chi connectivity index (χ0) is 18.8. The summed E-state index contributed by atoms with van der Waals surface area (Å²) < 4.78 is 10.2. The summed E-state index contributed by atoms with van der Waals surface area (Å²) in [7, 11) is 0. The molecule has 1 aromatic carbocycles. The molecule has 0 aliphatic heterocycles. The number of ether oxygens (including phenoxy) is 1. The molecule has 0 aliphatic rings. The van der Waals surface area contributed by atoms with Crippen LogP contribution in [0.3, 0.4) is 0 Å². The van der Waals surface area contributed by atoms with Gasteiger partial charge in [-0.25, -0.2) is 9.78 Å². The Hall–Kier alpha value is -2.35. The van der Waals surface area contributed by atoms with Crippen LogP contribution in [0.5, 0.6) is 0 Å². The lowest BCUT2D eigenvalue weighted by molar-refractivity contribution is 0.0423. The second-order valence-corrected chi connectivity index (χ2v) is 6.31. The fourth-order valence-corrected chi connectivity index (χ4v) is 2.69. The summed E-state index contributed by atoms with van der Waals surface area (Å²) in [6.45, 7) is 1.66. The number of nitrogen functional groups attached to an aromatic ring is 1. The molecule has 0 saturated heterocycles. The van der Waals surface area contributed by atoms with Gasteiger partial charge in [-0.1, -0.05) is 64.2 Å². The second kappa shape index (κ2) is 7.49. The van der Waals surface area contributed by atoms with Gasteiger partial charge in [0.05, 0.1) is 10.7 Å². The van der Waals surface area contributed by atoms with Gasteiger partial charge in [0.1, 0.15) is 5.02 Å². The molecule has 0 fully saturated rings. The highest BCUT2D eigenvalue weighted by molar-refractivity contribution is 6.46. The van der Waals surface area contributed by atoms with E-state index in [0.29, 0.717) is 5.82 Å². The van der Waals surface area contributed by atoms with E-state index in [2.05, 4.69) is 15.1 Å². The minimum Gasteiger partial charge on any atom is -0.451 e. The molecule has 0 bridgehead atoms. The number of halogens is 3. The van der Waals surface area contributed by atoms with Crippen molar-refractivity contribution in [3.05, 3.63) is 56.6 Å². The molecule has 0 unspecified atom stereocenters. The van der Waals surface area contributed by atoms with Gasteiger partial charge in [-0.3, -0.25) is 0 Å². The number of aryl methyl sites for hydroxylation is 1. The van der Waals surface area contributed by atoms with E-state index in [9.17, 15) is 4.79 Å². The van der Waals surface area contributed by atoms with Crippen LogP contribution < -0.4 is 5.73 Å². The monoisotopic (exact) mass is 412 g/mol. The smallest absolute Gasteiger partial charge is 0.359 e. The topological polar surface area (TPSA) is 104 Å². The van der Waals surface area contributed by atoms with Gasteiger partial charge < -0.3 is 15.0 Å². The van der Waals surface area contributed by atoms with Crippen molar-refractivity contribution in [2.24, 2.45) is 0 Å². The number of nitrogens with zero attached hydrogens (tertiary/aromatic N) is 3. The average Bonchev–Trinajstić information content (AvgIpc) is 3.10. The van der Waals surface area contributed by atoms with E-state index in [1.807, 2.05) is 31.2 Å². The van der Waals surface area contributed by atoms with Gasteiger partial charge in [-0.05, 0) is 12.5 Å². The van der Waals surface area contributed by atoms with E-state index in [0.717, 1.165) is 11.1 Å². The van der Waals surface area contributed by atoms with Crippen LogP contribution in [0.15, 0.2) is 28.8 Å². The number of carbonyl (C=O) groups excluding carboxylic acids is 1. The zero-order valence-electron chi connectivity index (χ0n) is 13.3. The Morgan fingerprint density at radius 3 is 2.65 bits per heavy atom. The molecule has 0 radical (unpaired) electrons. The average molecular weight is 414 g/mol. The summed E-state index contributed by atoms with van der Waals surface area (Å²) in [5.41, 5.74) is 7.17. The fourth-order valence-electron chi connectivity index (χ4n) is 2.11. The molecule has 0 atom stereocenters. The van der Waals surface area contributed by atoms with Crippen LogP contribution in [-0.4, -0.2) is 21.1 Å². The summed E-state index contributed by atoms with van der Waals surface area (Å²) >= 11 is 17.6. The van der Waals surface area contributed by atoms with Crippen molar-refractivity contribution in [1.82, 2.24) is 15.1 Å². The Morgan fingerprint density at radius 2 is 1.92 bits per heavy atom. The number of anilines is 1. The molecule has 2 aromatic heterocycles. The molecule has 26 heavy (non-hydrogen) atoms. The summed E-state index contributed by atoms with van der Waals surface area (Å²) in [4.78, 5) is 20.2. The van der Waals surface area contributed by atoms with Crippen LogP contribution in [0.1, 0.15) is 21.9 Å². The van der Waals surface area contributed by atoms with Gasteiger partial charge in [-0.2, -0.15) is 4.98 Å². The van der Waals surface area contributed by atoms with E-state index in [4.69, 9.17) is 49.8 Å². The van der Waals surface area contributed by atoms with E-state index in [1.165, 1.54) is 0 Å². The predicted molar refractivity (Wildman–Crippen MR) is 97.3 cm³/mol. The highest BCUT2D eigenvalue weighted by Gasteiger charge is 2.22. The van der Waals surface area contributed by atoms with Crippen LogP contribution in [0, 0.1) is 6.92 Å². The van der Waals surface area contributed by atoms with Crippen molar-refractivity contribution in [2.75, 3.05) is 5.73 Å². The number of nitrogens with two attached hydrogens (primary N) is 1. The summed E-state index contributed by atoms with van der Waals surface area (Å²) in [5.74, 6) is -0.347. The highest BCUT2D eigenvalue weighted by atomic mass is 35.5. The molecular formula is C16H11Cl3N4O3. The molecular weight excluding hydrogens is 403 g/mol. The fraction of sp³-hybridized carbons (Fsp3) is 0.125. The first-order valence-corrected chi connectivity index (χ1v) is 8.37. The Labute approximate surface area is 163 Å². The Morgan fingerprint density at radius 1 is 1.19 bits per heavy atom. The van der Waals surface area contributed by atoms with Gasteiger partial charge in [0.25, 0.3) is 5.89 Å². The molecule has 0 spiro atoms. The van der Waals surface area contributed by atoms with Gasteiger partial charge in [0.15, 0.2) is 17.5 Å². The lowest BCUT2D eigenvalue weighted by Gasteiger charge is -2.08. The number of benzene rings is 1. The summed E-state index contributed by atoms with van der Waals surface area (Å²) in [6.07, 6.45) is 0. The van der Waals surface area contributed by atoms with E-state index >= 15 is 0 Å². The lowest BCUT2D eigenvalue weighted by Crippen LogP contribution is -2.10. The Balaban J connectivity index is 1.74. The van der Waals surface area contributed by atoms with Crippen molar-refractivity contribution in [3.8, 4) is 11.4 Å². The van der Waals surface area contributed by atoms with Crippen LogP contribution in [0.4, 0.5) is 5.69 Å². The largest absolute Gasteiger partial charge is 0.451 e. The minimum atomic E-state index is -0.851. The molecule has 0 amide bonds. The molecule has 2 N–H and O–H groups in total. The third-order valence-corrected chi connectivity index (χ3v) is 4.58. The van der Waals surface area contributed by atoms with Gasteiger partial charge >= 0.3 is 5.97 Å². The number of esters is 1. The second-order valence-electron chi connectivity index (χ2n) is 5.20. The summed E-state index contributed by atoms with van der Waals surface area (Å²) in [5, 5.41) is 3.55. The van der Waals surface area contributed by atoms with Crippen molar-refractivity contribution >= 4 is 46.5 Å². The van der Waals surface area contributed by atoms with E-state index in [-0.39, 0.29) is 39.1 Å². The lowest BCUT2D eigenvalue weighted by atomic mass is 10.1. The number of carbonyl (C=O) groups is 1. The molecule has 0 aliphatic carbocycles. The Kier molecular flexibility index (Phi) is 5.31. The van der Waals surface area contributed by atoms with Crippen molar-refractivity contribution < 1.29 is 14.1 Å². The maximum Gasteiger partial charge on any atom is 0.359 e. The van der Waals surface area contributed by atoms with Crippen molar-refractivity contribution in [1.29, 1.82) is 0 Å². The molecule has 0 saturated carbocycles. The number of hydrogen-bond acceptors (Lipinski definition) is 7. The van der Waals surface area contributed by atoms with Gasteiger partial charge in [-0.15, -0.1) is 0 Å². The van der Waals surface area contributed by atoms with E-state index < -0.39 is 5.97 Å². The SMILES string of the molecule is Cc1ccccc1-c1noc(COC(=O)c2nc(Cl)c(Cl)c(N)c2Cl)n1. The molecule has 10 heteroatoms. The van der Waals surface area contributed by atoms with Crippen LogP contribution >= 0.6 is 34.8 Å². The first-order chi connectivity index (χ1) is 12.4. The normalized spacial score (nSPS) is 10.8. The molecule has 3 rings (SSSR count). The summed E-state index contributed by atoms with van der Waals surface area (Å²) in [6, 6.07) is 7.55. The van der Waals surface area contributed by atoms with Crippen LogP contribution in [-0.2, 0) is 11.3 Å². The Bertz CT molecular complexity index is 991. The maximum absolute atomic E-state index is 12.2. The highest BCUT2D eigenvalue weighted by Crippen LogP contribution is 2.34. The number of hydrogen-bond donors (Lipinski definition) is 1. The van der Waals surface area contributed by atoms with Crippen molar-refractivity contribution in [2.45, 2.75) is 13.5 Å². The quantitative estimate of drug-likeness (QED) is 0.501. The molecule has 3 aromatic rings. The third-order valence-electron chi connectivity index (χ3n) is 3.45. The maximum atomic E-state index is 12.2. The number of rotatable bonds is 4. The first-order valence-electron chi connectivity index (χ1n) is 7.24. The zero-order valence-corrected chi connectivity index (χ0v) is 15.6. The van der Waals surface area contributed by atoms with Gasteiger partial charge in [0.2, 0.25) is 5.82 Å². The standard InChI is InChI=1S/C16H11Cl3N4O3/c1-7-4-2-3-5-8(7)15-21-9(26-23-15)6-25-16(24)13-10(17)12(20)11(18)14(19)22-13/h2-5H,6H2,1H3,(H2,20,22). The minimum absolute atomic E-state index is 0.0343. The van der Waals surface area contributed by atoms with Crippen molar-refractivity contribution in [3.63, 3.8) is 0 Å². The van der Waals surface area contributed by atoms with Crippen LogP contribution in [0.25, 0.3) is 11.4 Å². The molecule has 7 nitrogen and oxygen atoms in total. The van der Waals surface area contributed by atoms with Crippen LogP contribution in [0.2, 0.25) is 15.2 Å². The number of aromatic nitrogens is 3. The van der Waals surface area contributed by atoms with E-state index in [1.54, 1.807) is 0 Å².